The van der Waals surface area contributed by atoms with Gasteiger partial charge in [-0.3, -0.25) is 0 Å². The monoisotopic (exact) mass is 483 g/mol. The van der Waals surface area contributed by atoms with Crippen molar-refractivity contribution >= 4 is 31.3 Å². The predicted octanol–water partition coefficient (Wildman–Crippen LogP) is 8.14. The SMILES string of the molecule is C=C/C=c1\c(=C/C)op(N(C(CC)c2ccccc2)C(CC)c2ccccc2)oc2ccccc12. The summed E-state index contributed by atoms with van der Waals surface area (Å²) in [6.45, 7) is 10.4. The largest absolute Gasteiger partial charge is 0.408 e. The fourth-order valence-electron chi connectivity index (χ4n) is 4.68. The molecule has 3 unspecified atom stereocenters. The van der Waals surface area contributed by atoms with Crippen LogP contribution in [0.2, 0.25) is 0 Å². The molecular formula is C31H34NO2P. The summed E-state index contributed by atoms with van der Waals surface area (Å²) in [5.74, 6) is 0. The van der Waals surface area contributed by atoms with E-state index in [4.69, 9.17) is 8.39 Å². The molecule has 0 aliphatic heterocycles. The third kappa shape index (κ3) is 5.37. The van der Waals surface area contributed by atoms with Gasteiger partial charge in [0.2, 0.25) is 0 Å². The molecule has 0 spiro atoms. The third-order valence-corrected chi connectivity index (χ3v) is 7.95. The summed E-state index contributed by atoms with van der Waals surface area (Å²) in [7, 11) is -1.48. The number of hydrogen-bond acceptors (Lipinski definition) is 3. The minimum absolute atomic E-state index is 0.127. The van der Waals surface area contributed by atoms with E-state index in [1.54, 1.807) is 0 Å². The third-order valence-electron chi connectivity index (χ3n) is 6.31. The molecule has 0 amide bonds. The lowest BCUT2D eigenvalue weighted by Gasteiger charge is -2.35. The first kappa shape index (κ1) is 24.9. The average Bonchev–Trinajstić information content (AvgIpc) is 3.07. The van der Waals surface area contributed by atoms with Crippen molar-refractivity contribution in [2.24, 2.45) is 0 Å². The second-order valence-corrected chi connectivity index (χ2v) is 9.74. The molecule has 0 bridgehead atoms. The lowest BCUT2D eigenvalue weighted by atomic mass is 9.99. The Balaban J connectivity index is 2.08. The normalized spacial score (nSPS) is 14.8. The van der Waals surface area contributed by atoms with E-state index in [-0.39, 0.29) is 12.1 Å². The van der Waals surface area contributed by atoms with E-state index in [0.29, 0.717) is 0 Å². The van der Waals surface area contributed by atoms with Gasteiger partial charge in [-0.25, -0.2) is 0 Å². The zero-order valence-electron chi connectivity index (χ0n) is 20.8. The maximum Gasteiger partial charge on any atom is 0.310 e. The summed E-state index contributed by atoms with van der Waals surface area (Å²) in [4.78, 5) is 0. The number of nitrogens with zero attached hydrogens (tertiary/aromatic N) is 1. The van der Waals surface area contributed by atoms with Crippen molar-refractivity contribution in [3.05, 3.63) is 119 Å². The Bertz CT molecular complexity index is 1360. The molecule has 0 saturated carbocycles. The topological polar surface area (TPSA) is 29.5 Å². The Morgan fingerprint density at radius 3 is 1.86 bits per heavy atom. The van der Waals surface area contributed by atoms with Gasteiger partial charge in [-0.05, 0) is 43.0 Å². The molecule has 0 aliphatic rings. The molecule has 0 fully saturated rings. The van der Waals surface area contributed by atoms with Crippen LogP contribution < -0.4 is 15.3 Å². The highest BCUT2D eigenvalue weighted by Crippen LogP contribution is 2.45. The highest BCUT2D eigenvalue weighted by atomic mass is 31.1. The fourth-order valence-corrected chi connectivity index (χ4v) is 6.65. The zero-order valence-corrected chi connectivity index (χ0v) is 21.7. The maximum absolute atomic E-state index is 6.79. The van der Waals surface area contributed by atoms with E-state index in [1.807, 2.05) is 43.4 Å². The summed E-state index contributed by atoms with van der Waals surface area (Å²) < 4.78 is 16.1. The van der Waals surface area contributed by atoms with Crippen LogP contribution in [-0.4, -0.2) is 0 Å². The molecule has 4 heteroatoms. The minimum atomic E-state index is -1.48. The number of rotatable bonds is 8. The van der Waals surface area contributed by atoms with E-state index in [0.717, 1.165) is 34.4 Å². The van der Waals surface area contributed by atoms with Gasteiger partial charge in [0.25, 0.3) is 0 Å². The van der Waals surface area contributed by atoms with Gasteiger partial charge in [-0.1, -0.05) is 111 Å². The van der Waals surface area contributed by atoms with Gasteiger partial charge in [-0.2, -0.15) is 4.67 Å². The van der Waals surface area contributed by atoms with Crippen molar-refractivity contribution in [1.82, 2.24) is 0 Å². The molecule has 4 rings (SSSR count). The number of para-hydroxylation sites is 1. The Morgan fingerprint density at radius 2 is 1.34 bits per heavy atom. The molecule has 0 radical (unpaired) electrons. The van der Waals surface area contributed by atoms with Gasteiger partial charge in [0, 0.05) is 22.7 Å². The number of allylic oxidation sites excluding steroid dienone is 1. The number of fused-ring (bicyclic) bond motifs is 1. The molecule has 0 aliphatic carbocycles. The van der Waals surface area contributed by atoms with Crippen LogP contribution in [0.25, 0.3) is 23.1 Å². The van der Waals surface area contributed by atoms with Crippen LogP contribution in [0.3, 0.4) is 0 Å². The van der Waals surface area contributed by atoms with Crippen molar-refractivity contribution in [2.75, 3.05) is 4.67 Å². The molecule has 3 atom stereocenters. The van der Waals surface area contributed by atoms with Crippen molar-refractivity contribution in [1.29, 1.82) is 0 Å². The Kier molecular flexibility index (Phi) is 8.47. The van der Waals surface area contributed by atoms with E-state index in [9.17, 15) is 0 Å². The molecule has 0 saturated heterocycles. The summed E-state index contributed by atoms with van der Waals surface area (Å²) in [6.07, 6.45) is 7.70. The van der Waals surface area contributed by atoms with Gasteiger partial charge < -0.3 is 8.39 Å². The lowest BCUT2D eigenvalue weighted by Crippen LogP contribution is -2.31. The second kappa shape index (κ2) is 11.9. The summed E-state index contributed by atoms with van der Waals surface area (Å²) in [5.41, 5.74) is 4.18. The zero-order chi connectivity index (χ0) is 24.6. The summed E-state index contributed by atoms with van der Waals surface area (Å²) in [5, 5.41) is 2.01. The fraction of sp³-hybridized carbons (Fsp3) is 0.226. The van der Waals surface area contributed by atoms with Crippen molar-refractivity contribution in [3.63, 3.8) is 0 Å². The van der Waals surface area contributed by atoms with Crippen molar-refractivity contribution < 1.29 is 8.39 Å². The number of benzene rings is 3. The van der Waals surface area contributed by atoms with Crippen LogP contribution in [0.1, 0.15) is 56.8 Å². The number of hydrogen-bond donors (Lipinski definition) is 0. The second-order valence-electron chi connectivity index (χ2n) is 8.44. The van der Waals surface area contributed by atoms with Crippen LogP contribution in [-0.2, 0) is 0 Å². The van der Waals surface area contributed by atoms with Crippen LogP contribution in [0.4, 0.5) is 0 Å². The van der Waals surface area contributed by atoms with Gasteiger partial charge >= 0.3 is 8.16 Å². The van der Waals surface area contributed by atoms with E-state index in [1.165, 1.54) is 11.1 Å². The maximum atomic E-state index is 6.79. The predicted molar refractivity (Wildman–Crippen MR) is 150 cm³/mol. The summed E-state index contributed by atoms with van der Waals surface area (Å²) >= 11 is 0. The highest BCUT2D eigenvalue weighted by molar-refractivity contribution is 7.38. The Morgan fingerprint density at radius 1 is 0.800 bits per heavy atom. The molecule has 4 aromatic rings. The van der Waals surface area contributed by atoms with Crippen LogP contribution in [0.5, 0.6) is 0 Å². The van der Waals surface area contributed by atoms with Gasteiger partial charge in [0.05, 0.1) is 0 Å². The summed E-state index contributed by atoms with van der Waals surface area (Å²) in [6, 6.07) is 29.8. The van der Waals surface area contributed by atoms with Crippen LogP contribution in [0, 0.1) is 0 Å². The van der Waals surface area contributed by atoms with Crippen LogP contribution in [0.15, 0.2) is 106 Å². The Labute approximate surface area is 209 Å². The molecule has 35 heavy (non-hydrogen) atoms. The van der Waals surface area contributed by atoms with Gasteiger partial charge in [0.1, 0.15) is 11.0 Å². The first-order valence-electron chi connectivity index (χ1n) is 12.3. The lowest BCUT2D eigenvalue weighted by molar-refractivity contribution is 0.490. The molecule has 180 valence electrons. The molecular weight excluding hydrogens is 449 g/mol. The smallest absolute Gasteiger partial charge is 0.310 e. The quantitative estimate of drug-likeness (QED) is 0.253. The molecule has 3 aromatic carbocycles. The van der Waals surface area contributed by atoms with E-state index >= 15 is 0 Å². The molecule has 1 heterocycles. The van der Waals surface area contributed by atoms with Gasteiger partial charge in [-0.15, -0.1) is 0 Å². The molecule has 1 aromatic heterocycles. The standard InChI is InChI=1S/C31H34NO2P/c1-5-17-26-27-22-15-16-23-31(27)34-35(33-30(26)8-4)32(28(6-2)24-18-11-9-12-19-24)29(7-3)25-20-13-10-14-21-25/h5,8-23,28-29H,1,6-7H2,2-4H3/b26-17-,30-8+. The van der Waals surface area contributed by atoms with Crippen molar-refractivity contribution in [2.45, 2.75) is 45.7 Å². The first-order valence-corrected chi connectivity index (χ1v) is 13.5. The van der Waals surface area contributed by atoms with Crippen molar-refractivity contribution in [3.8, 4) is 0 Å². The van der Waals surface area contributed by atoms with Gasteiger partial charge in [0.15, 0.2) is 0 Å². The van der Waals surface area contributed by atoms with Crippen LogP contribution >= 0.6 is 8.16 Å². The van der Waals surface area contributed by atoms with E-state index in [2.05, 4.69) is 91.8 Å². The Hall–Kier alpha value is -3.26. The average molecular weight is 484 g/mol. The van der Waals surface area contributed by atoms with E-state index < -0.39 is 8.16 Å². The highest BCUT2D eigenvalue weighted by Gasteiger charge is 2.32. The molecule has 3 nitrogen and oxygen atoms in total. The first-order chi connectivity index (χ1) is 17.2. The molecule has 0 N–H and O–H groups in total. The minimum Gasteiger partial charge on any atom is -0.408 e.